The molecule has 0 N–H and O–H groups in total. The molecule has 0 bridgehead atoms. The second-order valence-electron chi connectivity index (χ2n) is 7.27. The molecule has 0 radical (unpaired) electrons. The molecule has 1 fully saturated rings. The van der Waals surface area contributed by atoms with E-state index < -0.39 is 21.7 Å². The summed E-state index contributed by atoms with van der Waals surface area (Å²) >= 11 is 5.84. The molecule has 140 valence electrons. The van der Waals surface area contributed by atoms with Crippen LogP contribution in [0.1, 0.15) is 33.3 Å². The number of sulfonamides is 1. The molecule has 1 amide bonds. The molecule has 8 heteroatoms. The molecule has 0 aliphatic carbocycles. The van der Waals surface area contributed by atoms with E-state index in [0.29, 0.717) is 23.7 Å². The minimum Gasteiger partial charge on any atom is -0.444 e. The van der Waals surface area contributed by atoms with Gasteiger partial charge in [-0.15, -0.1) is 0 Å². The Balaban J connectivity index is 2.02. The van der Waals surface area contributed by atoms with Crippen molar-refractivity contribution in [3.8, 4) is 0 Å². The fourth-order valence-corrected chi connectivity index (χ4v) is 4.60. The molecule has 25 heavy (non-hydrogen) atoms. The Labute approximate surface area is 154 Å². The zero-order chi connectivity index (χ0) is 18.8. The monoisotopic (exact) mass is 388 g/mol. The van der Waals surface area contributed by atoms with Gasteiger partial charge in [0, 0.05) is 30.7 Å². The number of carbonyl (C=O) groups is 1. The Bertz CT molecular complexity index is 713. The maximum absolute atomic E-state index is 12.7. The average molecular weight is 389 g/mol. The van der Waals surface area contributed by atoms with Gasteiger partial charge in [0.05, 0.1) is 5.75 Å². The van der Waals surface area contributed by atoms with Gasteiger partial charge in [-0.25, -0.2) is 13.2 Å². The van der Waals surface area contributed by atoms with Gasteiger partial charge in [0.2, 0.25) is 10.0 Å². The quantitative estimate of drug-likeness (QED) is 0.797. The topological polar surface area (TPSA) is 66.9 Å². The van der Waals surface area contributed by atoms with Gasteiger partial charge in [-0.1, -0.05) is 23.7 Å². The van der Waals surface area contributed by atoms with E-state index in [1.165, 1.54) is 4.31 Å². The highest BCUT2D eigenvalue weighted by molar-refractivity contribution is 7.88. The van der Waals surface area contributed by atoms with Crippen molar-refractivity contribution in [2.45, 2.75) is 45.1 Å². The summed E-state index contributed by atoms with van der Waals surface area (Å²) in [5, 5.41) is 0.570. The summed E-state index contributed by atoms with van der Waals surface area (Å²) in [5.74, 6) is -0.0824. The Hall–Kier alpha value is -1.31. The number of rotatable bonds is 3. The highest BCUT2D eigenvalue weighted by Crippen LogP contribution is 2.20. The number of piperazine rings is 1. The summed E-state index contributed by atoms with van der Waals surface area (Å²) in [6.45, 7) is 8.11. The molecule has 1 aliphatic rings. The first kappa shape index (κ1) is 20.0. The van der Waals surface area contributed by atoms with Crippen LogP contribution in [0.5, 0.6) is 0 Å². The van der Waals surface area contributed by atoms with Crippen LogP contribution in [0, 0.1) is 0 Å². The third-order valence-electron chi connectivity index (χ3n) is 3.84. The number of benzene rings is 1. The Morgan fingerprint density at radius 3 is 2.36 bits per heavy atom. The number of nitrogens with zero attached hydrogens (tertiary/aromatic N) is 2. The number of carbonyl (C=O) groups excluding carboxylic acids is 1. The van der Waals surface area contributed by atoms with Gasteiger partial charge in [0.1, 0.15) is 5.60 Å². The summed E-state index contributed by atoms with van der Waals surface area (Å²) < 4.78 is 32.2. The van der Waals surface area contributed by atoms with Crippen molar-refractivity contribution in [1.29, 1.82) is 0 Å². The summed E-state index contributed by atoms with van der Waals surface area (Å²) in [4.78, 5) is 13.7. The first-order chi connectivity index (χ1) is 11.5. The van der Waals surface area contributed by atoms with Crippen molar-refractivity contribution in [2.75, 3.05) is 19.6 Å². The fourth-order valence-electron chi connectivity index (χ4n) is 2.72. The van der Waals surface area contributed by atoms with Crippen LogP contribution in [0.3, 0.4) is 0 Å². The van der Waals surface area contributed by atoms with Crippen LogP contribution in [-0.4, -0.2) is 55.0 Å². The van der Waals surface area contributed by atoms with Gasteiger partial charge in [-0.05, 0) is 45.4 Å². The Kier molecular flexibility index (Phi) is 6.01. The molecule has 1 atom stereocenters. The zero-order valence-electron chi connectivity index (χ0n) is 15.0. The van der Waals surface area contributed by atoms with Gasteiger partial charge in [0.25, 0.3) is 0 Å². The van der Waals surface area contributed by atoms with Crippen LogP contribution in [0.15, 0.2) is 24.3 Å². The molecule has 0 spiro atoms. The van der Waals surface area contributed by atoms with E-state index in [4.69, 9.17) is 16.3 Å². The van der Waals surface area contributed by atoms with E-state index in [1.54, 1.807) is 56.9 Å². The van der Waals surface area contributed by atoms with E-state index in [2.05, 4.69) is 0 Å². The van der Waals surface area contributed by atoms with E-state index in [-0.39, 0.29) is 18.3 Å². The number of amides is 1. The number of hydrogen-bond acceptors (Lipinski definition) is 4. The standard InChI is InChI=1S/C17H25ClN2O4S/c1-13-11-19(16(21)24-17(2,3)4)9-10-20(13)25(22,23)12-14-5-7-15(18)8-6-14/h5-8,13H,9-12H2,1-4H3/t13-/m1/s1. The minimum atomic E-state index is -3.47. The SMILES string of the molecule is C[C@@H]1CN(C(=O)OC(C)(C)C)CCN1S(=O)(=O)Cc1ccc(Cl)cc1. The second-order valence-corrected chi connectivity index (χ2v) is 9.63. The van der Waals surface area contributed by atoms with Crippen LogP contribution in [0.2, 0.25) is 5.02 Å². The van der Waals surface area contributed by atoms with Gasteiger partial charge in [-0.2, -0.15) is 4.31 Å². The van der Waals surface area contributed by atoms with Gasteiger partial charge >= 0.3 is 6.09 Å². The average Bonchev–Trinajstić information content (AvgIpc) is 2.47. The number of halogens is 1. The molecule has 1 aliphatic heterocycles. The molecule has 1 heterocycles. The van der Waals surface area contributed by atoms with Gasteiger partial charge < -0.3 is 9.64 Å². The number of ether oxygens (including phenoxy) is 1. The largest absolute Gasteiger partial charge is 0.444 e. The maximum atomic E-state index is 12.7. The predicted molar refractivity (Wildman–Crippen MR) is 98.1 cm³/mol. The third-order valence-corrected chi connectivity index (χ3v) is 6.05. The maximum Gasteiger partial charge on any atom is 0.410 e. The highest BCUT2D eigenvalue weighted by Gasteiger charge is 2.35. The molecule has 6 nitrogen and oxygen atoms in total. The van der Waals surface area contributed by atoms with Crippen molar-refractivity contribution in [3.63, 3.8) is 0 Å². The lowest BCUT2D eigenvalue weighted by Gasteiger charge is -2.39. The summed E-state index contributed by atoms with van der Waals surface area (Å²) in [6.07, 6.45) is -0.408. The van der Waals surface area contributed by atoms with E-state index in [9.17, 15) is 13.2 Å². The highest BCUT2D eigenvalue weighted by atomic mass is 35.5. The minimum absolute atomic E-state index is 0.0824. The molecule has 1 aromatic rings. The third kappa shape index (κ3) is 5.59. The fraction of sp³-hybridized carbons (Fsp3) is 0.588. The van der Waals surface area contributed by atoms with Crippen LogP contribution >= 0.6 is 11.6 Å². The molecule has 2 rings (SSSR count). The van der Waals surface area contributed by atoms with Crippen molar-refractivity contribution in [2.24, 2.45) is 0 Å². The van der Waals surface area contributed by atoms with Crippen molar-refractivity contribution in [3.05, 3.63) is 34.9 Å². The van der Waals surface area contributed by atoms with Gasteiger partial charge in [0.15, 0.2) is 0 Å². The summed E-state index contributed by atoms with van der Waals surface area (Å²) in [6, 6.07) is 6.47. The molecule has 0 saturated carbocycles. The molecule has 0 aromatic heterocycles. The second kappa shape index (κ2) is 7.51. The predicted octanol–water partition coefficient (Wildman–Crippen LogP) is 3.11. The Morgan fingerprint density at radius 1 is 1.24 bits per heavy atom. The Morgan fingerprint density at radius 2 is 1.84 bits per heavy atom. The number of hydrogen-bond donors (Lipinski definition) is 0. The molecular formula is C17H25ClN2O4S. The van der Waals surface area contributed by atoms with Gasteiger partial charge in [-0.3, -0.25) is 0 Å². The van der Waals surface area contributed by atoms with E-state index in [0.717, 1.165) is 0 Å². The molecule has 0 unspecified atom stereocenters. The van der Waals surface area contributed by atoms with Crippen LogP contribution in [0.25, 0.3) is 0 Å². The van der Waals surface area contributed by atoms with E-state index >= 15 is 0 Å². The molecule has 1 aromatic carbocycles. The summed E-state index contributed by atoms with van der Waals surface area (Å²) in [5.41, 5.74) is 0.115. The van der Waals surface area contributed by atoms with Crippen molar-refractivity contribution in [1.82, 2.24) is 9.21 Å². The summed E-state index contributed by atoms with van der Waals surface area (Å²) in [7, 11) is -3.47. The van der Waals surface area contributed by atoms with Crippen LogP contribution < -0.4 is 0 Å². The van der Waals surface area contributed by atoms with E-state index in [1.807, 2.05) is 0 Å². The first-order valence-electron chi connectivity index (χ1n) is 8.20. The lowest BCUT2D eigenvalue weighted by molar-refractivity contribution is 0.0143. The van der Waals surface area contributed by atoms with Crippen molar-refractivity contribution < 1.29 is 17.9 Å². The van der Waals surface area contributed by atoms with Crippen molar-refractivity contribution >= 4 is 27.7 Å². The first-order valence-corrected chi connectivity index (χ1v) is 10.2. The zero-order valence-corrected chi connectivity index (χ0v) is 16.6. The molecular weight excluding hydrogens is 364 g/mol. The van der Waals surface area contributed by atoms with Crippen LogP contribution in [-0.2, 0) is 20.5 Å². The molecule has 1 saturated heterocycles. The smallest absolute Gasteiger partial charge is 0.410 e. The normalized spacial score (nSPS) is 19.7. The van der Waals surface area contributed by atoms with Crippen LogP contribution in [0.4, 0.5) is 4.79 Å². The lowest BCUT2D eigenvalue weighted by Crippen LogP contribution is -2.56. The lowest BCUT2D eigenvalue weighted by atomic mass is 10.2.